The van der Waals surface area contributed by atoms with E-state index in [0.29, 0.717) is 6.54 Å². The van der Waals surface area contributed by atoms with Crippen LogP contribution in [0.5, 0.6) is 0 Å². The van der Waals surface area contributed by atoms with Crippen molar-refractivity contribution < 1.29 is 9.53 Å². The smallest absolute Gasteiger partial charge is 0.234 e. The minimum absolute atomic E-state index is 0.128. The fourth-order valence-corrected chi connectivity index (χ4v) is 3.76. The summed E-state index contributed by atoms with van der Waals surface area (Å²) in [4.78, 5) is 14.6. The van der Waals surface area contributed by atoms with Crippen molar-refractivity contribution in [3.8, 4) is 0 Å². The van der Waals surface area contributed by atoms with Crippen LogP contribution in [0.4, 0.5) is 0 Å². The summed E-state index contributed by atoms with van der Waals surface area (Å²) < 4.78 is 5.72. The average molecular weight is 302 g/mol. The summed E-state index contributed by atoms with van der Waals surface area (Å²) in [5.41, 5.74) is 2.68. The molecule has 2 aliphatic rings. The number of nitrogens with one attached hydrogen (secondary N) is 1. The number of hydrogen-bond acceptors (Lipinski definition) is 3. The lowest BCUT2D eigenvalue weighted by Crippen LogP contribution is -2.49. The second-order valence-corrected chi connectivity index (χ2v) is 6.66. The van der Waals surface area contributed by atoms with Crippen LogP contribution in [0.25, 0.3) is 0 Å². The van der Waals surface area contributed by atoms with Gasteiger partial charge >= 0.3 is 0 Å². The summed E-state index contributed by atoms with van der Waals surface area (Å²) in [5, 5.41) is 3.23. The van der Waals surface area contributed by atoms with Crippen LogP contribution in [0.1, 0.15) is 43.9 Å². The maximum absolute atomic E-state index is 12.4. The van der Waals surface area contributed by atoms with E-state index in [0.717, 1.165) is 32.4 Å². The van der Waals surface area contributed by atoms with E-state index in [2.05, 4.69) is 48.3 Å². The first kappa shape index (κ1) is 15.5. The minimum atomic E-state index is 0.128. The molecule has 0 bridgehead atoms. The van der Waals surface area contributed by atoms with E-state index >= 15 is 0 Å². The van der Waals surface area contributed by atoms with Crippen LogP contribution < -0.4 is 5.32 Å². The Bertz CT molecular complexity index is 522. The summed E-state index contributed by atoms with van der Waals surface area (Å²) in [6, 6.07) is 8.65. The molecule has 3 atom stereocenters. The van der Waals surface area contributed by atoms with Crippen molar-refractivity contribution in [2.75, 3.05) is 19.6 Å². The molecule has 1 aliphatic carbocycles. The average Bonchev–Trinajstić information content (AvgIpc) is 2.46. The number of hydrogen-bond donors (Lipinski definition) is 1. The van der Waals surface area contributed by atoms with E-state index in [1.807, 2.05) is 0 Å². The van der Waals surface area contributed by atoms with E-state index in [1.54, 1.807) is 0 Å². The number of ether oxygens (including phenoxy) is 1. The molecule has 0 radical (unpaired) electrons. The highest BCUT2D eigenvalue weighted by molar-refractivity contribution is 5.78. The Hall–Kier alpha value is -1.39. The van der Waals surface area contributed by atoms with Crippen LogP contribution in [-0.2, 0) is 16.0 Å². The Morgan fingerprint density at radius 3 is 2.77 bits per heavy atom. The first-order valence-corrected chi connectivity index (χ1v) is 8.37. The Labute approximate surface area is 132 Å². The molecule has 22 heavy (non-hydrogen) atoms. The van der Waals surface area contributed by atoms with Crippen molar-refractivity contribution in [2.24, 2.45) is 0 Å². The van der Waals surface area contributed by atoms with E-state index < -0.39 is 0 Å². The molecule has 3 rings (SSSR count). The lowest BCUT2D eigenvalue weighted by atomic mass is 9.88. The molecule has 0 unspecified atom stereocenters. The first-order valence-electron chi connectivity index (χ1n) is 8.37. The minimum Gasteiger partial charge on any atom is -0.373 e. The molecule has 0 spiro atoms. The summed E-state index contributed by atoms with van der Waals surface area (Å²) >= 11 is 0. The molecule has 1 aromatic carbocycles. The quantitative estimate of drug-likeness (QED) is 0.931. The van der Waals surface area contributed by atoms with Gasteiger partial charge in [0, 0.05) is 13.1 Å². The number of nitrogens with zero attached hydrogens (tertiary/aromatic N) is 1. The molecule has 1 aliphatic heterocycles. The fourth-order valence-electron chi connectivity index (χ4n) is 3.76. The van der Waals surface area contributed by atoms with Gasteiger partial charge in [0.05, 0.1) is 24.8 Å². The van der Waals surface area contributed by atoms with Crippen molar-refractivity contribution in [1.29, 1.82) is 0 Å². The van der Waals surface area contributed by atoms with Gasteiger partial charge in [-0.3, -0.25) is 9.69 Å². The number of rotatable bonds is 3. The highest BCUT2D eigenvalue weighted by Crippen LogP contribution is 2.29. The summed E-state index contributed by atoms with van der Waals surface area (Å²) in [7, 11) is 0. The van der Waals surface area contributed by atoms with Crippen molar-refractivity contribution in [1.82, 2.24) is 10.2 Å². The van der Waals surface area contributed by atoms with Crippen LogP contribution in [0.3, 0.4) is 0 Å². The van der Waals surface area contributed by atoms with Crippen molar-refractivity contribution in [3.63, 3.8) is 0 Å². The van der Waals surface area contributed by atoms with Gasteiger partial charge in [0.1, 0.15) is 0 Å². The van der Waals surface area contributed by atoms with Gasteiger partial charge < -0.3 is 10.1 Å². The molecule has 1 saturated heterocycles. The van der Waals surface area contributed by atoms with Gasteiger partial charge in [0.15, 0.2) is 0 Å². The number of benzene rings is 1. The predicted molar refractivity (Wildman–Crippen MR) is 86.7 cm³/mol. The molecule has 1 fully saturated rings. The zero-order chi connectivity index (χ0) is 15.5. The van der Waals surface area contributed by atoms with Gasteiger partial charge in [-0.1, -0.05) is 24.3 Å². The number of carbonyl (C=O) groups excluding carboxylic acids is 1. The first-order chi connectivity index (χ1) is 10.6. The topological polar surface area (TPSA) is 41.6 Å². The van der Waals surface area contributed by atoms with Gasteiger partial charge in [-0.15, -0.1) is 0 Å². The molecule has 1 N–H and O–H groups in total. The molecular weight excluding hydrogens is 276 g/mol. The van der Waals surface area contributed by atoms with Gasteiger partial charge in [0.25, 0.3) is 0 Å². The molecule has 1 heterocycles. The Morgan fingerprint density at radius 1 is 1.27 bits per heavy atom. The molecule has 1 aromatic rings. The number of aryl methyl sites for hydroxylation is 1. The maximum atomic E-state index is 12.4. The van der Waals surface area contributed by atoms with Crippen LogP contribution in [0, 0.1) is 0 Å². The Morgan fingerprint density at radius 2 is 2.00 bits per heavy atom. The van der Waals surface area contributed by atoms with Crippen molar-refractivity contribution >= 4 is 5.91 Å². The van der Waals surface area contributed by atoms with Gasteiger partial charge in [-0.05, 0) is 44.2 Å². The molecule has 1 amide bonds. The summed E-state index contributed by atoms with van der Waals surface area (Å²) in [5.74, 6) is 0.128. The molecule has 4 heteroatoms. The Balaban J connectivity index is 1.58. The maximum Gasteiger partial charge on any atom is 0.234 e. The zero-order valence-electron chi connectivity index (χ0n) is 13.5. The lowest BCUT2D eigenvalue weighted by molar-refractivity contribution is -0.126. The van der Waals surface area contributed by atoms with Crippen molar-refractivity contribution in [3.05, 3.63) is 35.4 Å². The van der Waals surface area contributed by atoms with E-state index in [1.165, 1.54) is 11.1 Å². The second-order valence-electron chi connectivity index (χ2n) is 6.66. The van der Waals surface area contributed by atoms with E-state index in [9.17, 15) is 4.79 Å². The highest BCUT2D eigenvalue weighted by atomic mass is 16.5. The number of fused-ring (bicyclic) bond motifs is 1. The SMILES string of the molecule is C[C@@H]1CN(CC(=O)N[C@H]2CCCc3ccccc32)C[C@H](C)O1. The third-order valence-electron chi connectivity index (χ3n) is 4.57. The highest BCUT2D eigenvalue weighted by Gasteiger charge is 2.26. The molecule has 0 saturated carbocycles. The largest absolute Gasteiger partial charge is 0.373 e. The lowest BCUT2D eigenvalue weighted by Gasteiger charge is -2.35. The monoisotopic (exact) mass is 302 g/mol. The van der Waals surface area contributed by atoms with E-state index in [4.69, 9.17) is 4.74 Å². The standard InChI is InChI=1S/C18H26N2O2/c1-13-10-20(11-14(2)22-13)12-18(21)19-17-9-5-7-15-6-3-4-8-16(15)17/h3-4,6,8,13-14,17H,5,7,9-12H2,1-2H3,(H,19,21)/t13-,14+,17-/m0/s1. The summed E-state index contributed by atoms with van der Waals surface area (Å²) in [6.07, 6.45) is 3.71. The Kier molecular flexibility index (Phi) is 4.79. The molecule has 0 aromatic heterocycles. The molecule has 120 valence electrons. The second kappa shape index (κ2) is 6.80. The zero-order valence-corrected chi connectivity index (χ0v) is 13.5. The summed E-state index contributed by atoms with van der Waals surface area (Å²) in [6.45, 7) is 6.27. The predicted octanol–water partition coefficient (Wildman–Crippen LogP) is 2.29. The van der Waals surface area contributed by atoms with E-state index in [-0.39, 0.29) is 24.2 Å². The normalized spacial score (nSPS) is 28.9. The van der Waals surface area contributed by atoms with Crippen LogP contribution in [0.15, 0.2) is 24.3 Å². The number of carbonyl (C=O) groups is 1. The third kappa shape index (κ3) is 3.68. The van der Waals surface area contributed by atoms with Crippen LogP contribution >= 0.6 is 0 Å². The molecular formula is C18H26N2O2. The van der Waals surface area contributed by atoms with Gasteiger partial charge in [0.2, 0.25) is 5.91 Å². The number of amides is 1. The van der Waals surface area contributed by atoms with Crippen LogP contribution in [0.2, 0.25) is 0 Å². The van der Waals surface area contributed by atoms with Crippen LogP contribution in [-0.4, -0.2) is 42.6 Å². The van der Waals surface area contributed by atoms with Gasteiger partial charge in [-0.25, -0.2) is 0 Å². The fraction of sp³-hybridized carbons (Fsp3) is 0.611. The van der Waals surface area contributed by atoms with Gasteiger partial charge in [-0.2, -0.15) is 0 Å². The third-order valence-corrected chi connectivity index (χ3v) is 4.57. The number of morpholine rings is 1. The van der Waals surface area contributed by atoms with Crippen molar-refractivity contribution in [2.45, 2.75) is 51.4 Å². The molecule has 4 nitrogen and oxygen atoms in total.